The lowest BCUT2D eigenvalue weighted by molar-refractivity contribution is -0.142. The number of nitrogens with zero attached hydrogens (tertiary/aromatic N) is 3. The van der Waals surface area contributed by atoms with Gasteiger partial charge in [-0.25, -0.2) is 0 Å². The van der Waals surface area contributed by atoms with Crippen molar-refractivity contribution >= 4 is 11.7 Å². The molecule has 130 valence electrons. The van der Waals surface area contributed by atoms with Crippen molar-refractivity contribution < 1.29 is 14.3 Å². The van der Waals surface area contributed by atoms with Crippen molar-refractivity contribution in [1.82, 2.24) is 15.1 Å². The molecule has 0 spiro atoms. The lowest BCUT2D eigenvalue weighted by Gasteiger charge is -2.35. The molecule has 1 saturated heterocycles. The second-order valence-electron chi connectivity index (χ2n) is 6.22. The zero-order valence-electron chi connectivity index (χ0n) is 13.8. The molecule has 1 aromatic heterocycles. The van der Waals surface area contributed by atoms with E-state index in [-0.39, 0.29) is 12.5 Å². The predicted octanol–water partition coefficient (Wildman–Crippen LogP) is 1.72. The Labute approximate surface area is 146 Å². The maximum atomic E-state index is 12.7. The molecule has 2 aliphatic rings. The van der Waals surface area contributed by atoms with Gasteiger partial charge in [-0.05, 0) is 37.1 Å². The highest BCUT2D eigenvalue weighted by Gasteiger charge is 2.33. The standard InChI is InChI=1S/C18H20N4O3/c23-18(16-12-24-14-4-1-2-5-15(14)25-16)22-10-7-13(8-11-22)20-17-6-3-9-19-21-17/h1-6,9,13,16H,7-8,10-12H2,(H,20,21)/t16-/m0/s1. The summed E-state index contributed by atoms with van der Waals surface area (Å²) in [4.78, 5) is 14.6. The summed E-state index contributed by atoms with van der Waals surface area (Å²) >= 11 is 0. The van der Waals surface area contributed by atoms with Gasteiger partial charge in [0.15, 0.2) is 11.5 Å². The smallest absolute Gasteiger partial charge is 0.267 e. The van der Waals surface area contributed by atoms with Crippen LogP contribution in [-0.2, 0) is 4.79 Å². The molecule has 1 amide bonds. The fourth-order valence-electron chi connectivity index (χ4n) is 3.18. The molecule has 0 aliphatic carbocycles. The first-order chi connectivity index (χ1) is 12.3. The van der Waals surface area contributed by atoms with Gasteiger partial charge in [0.2, 0.25) is 6.10 Å². The van der Waals surface area contributed by atoms with Crippen LogP contribution in [0, 0.1) is 0 Å². The first kappa shape index (κ1) is 15.7. The quantitative estimate of drug-likeness (QED) is 0.917. The molecule has 4 rings (SSSR count). The molecule has 0 unspecified atom stereocenters. The first-order valence-electron chi connectivity index (χ1n) is 8.51. The number of hydrogen-bond donors (Lipinski definition) is 1. The molecule has 2 aliphatic heterocycles. The van der Waals surface area contributed by atoms with Crippen molar-refractivity contribution in [2.45, 2.75) is 25.0 Å². The van der Waals surface area contributed by atoms with Gasteiger partial charge >= 0.3 is 0 Å². The summed E-state index contributed by atoms with van der Waals surface area (Å²) in [6.45, 7) is 1.64. The molecule has 7 nitrogen and oxygen atoms in total. The SMILES string of the molecule is O=C([C@@H]1COc2ccccc2O1)N1CCC(Nc2cccnn2)CC1. The van der Waals surface area contributed by atoms with Crippen LogP contribution in [0.4, 0.5) is 5.82 Å². The fraction of sp³-hybridized carbons (Fsp3) is 0.389. The van der Waals surface area contributed by atoms with Gasteiger partial charge in [0.25, 0.3) is 5.91 Å². The Bertz CT molecular complexity index is 732. The van der Waals surface area contributed by atoms with E-state index >= 15 is 0 Å². The summed E-state index contributed by atoms with van der Waals surface area (Å²) in [5.41, 5.74) is 0. The number of piperidine rings is 1. The molecule has 7 heteroatoms. The molecular formula is C18H20N4O3. The molecule has 1 atom stereocenters. The molecular weight excluding hydrogens is 320 g/mol. The molecule has 1 N–H and O–H groups in total. The van der Waals surface area contributed by atoms with Gasteiger partial charge < -0.3 is 19.7 Å². The largest absolute Gasteiger partial charge is 0.485 e. The highest BCUT2D eigenvalue weighted by Crippen LogP contribution is 2.31. The third-order valence-corrected chi connectivity index (χ3v) is 4.51. The van der Waals surface area contributed by atoms with Crippen LogP contribution < -0.4 is 14.8 Å². The maximum absolute atomic E-state index is 12.7. The Kier molecular flexibility index (Phi) is 4.37. The van der Waals surface area contributed by atoms with Crippen LogP contribution in [0.2, 0.25) is 0 Å². The Balaban J connectivity index is 1.31. The Hall–Kier alpha value is -2.83. The molecule has 1 fully saturated rings. The molecule has 25 heavy (non-hydrogen) atoms. The van der Waals surface area contributed by atoms with Crippen LogP contribution in [0.3, 0.4) is 0 Å². The Morgan fingerprint density at radius 2 is 1.92 bits per heavy atom. The molecule has 3 heterocycles. The van der Waals surface area contributed by atoms with Gasteiger partial charge in [-0.3, -0.25) is 4.79 Å². The average Bonchev–Trinajstić information content (AvgIpc) is 2.68. The van der Waals surface area contributed by atoms with E-state index in [0.717, 1.165) is 18.7 Å². The van der Waals surface area contributed by atoms with Crippen molar-refractivity contribution in [3.05, 3.63) is 42.6 Å². The molecule has 1 aromatic carbocycles. The maximum Gasteiger partial charge on any atom is 0.267 e. The highest BCUT2D eigenvalue weighted by molar-refractivity contribution is 5.82. The van der Waals surface area contributed by atoms with Crippen molar-refractivity contribution in [3.63, 3.8) is 0 Å². The van der Waals surface area contributed by atoms with Crippen LogP contribution >= 0.6 is 0 Å². The van der Waals surface area contributed by atoms with Crippen LogP contribution in [-0.4, -0.2) is 52.8 Å². The minimum absolute atomic E-state index is 0.00699. The second-order valence-corrected chi connectivity index (χ2v) is 6.22. The van der Waals surface area contributed by atoms with Crippen LogP contribution in [0.5, 0.6) is 11.5 Å². The van der Waals surface area contributed by atoms with E-state index in [9.17, 15) is 4.79 Å². The van der Waals surface area contributed by atoms with Crippen LogP contribution in [0.15, 0.2) is 42.6 Å². The highest BCUT2D eigenvalue weighted by atomic mass is 16.6. The van der Waals surface area contributed by atoms with E-state index in [1.807, 2.05) is 41.3 Å². The van der Waals surface area contributed by atoms with Gasteiger partial charge in [-0.2, -0.15) is 5.10 Å². The molecule has 0 radical (unpaired) electrons. The zero-order chi connectivity index (χ0) is 17.1. The van der Waals surface area contributed by atoms with E-state index in [0.29, 0.717) is 30.6 Å². The zero-order valence-corrected chi connectivity index (χ0v) is 13.8. The molecule has 2 aromatic rings. The summed E-state index contributed by atoms with van der Waals surface area (Å²) in [5, 5.41) is 11.3. The summed E-state index contributed by atoms with van der Waals surface area (Å²) in [6, 6.07) is 11.5. The van der Waals surface area contributed by atoms with Gasteiger partial charge in [0.05, 0.1) is 0 Å². The van der Waals surface area contributed by atoms with Crippen LogP contribution in [0.1, 0.15) is 12.8 Å². The average molecular weight is 340 g/mol. The van der Waals surface area contributed by atoms with E-state index in [2.05, 4.69) is 15.5 Å². The number of carbonyl (C=O) groups excluding carboxylic acids is 1. The number of rotatable bonds is 3. The van der Waals surface area contributed by atoms with E-state index in [1.165, 1.54) is 0 Å². The molecule has 0 saturated carbocycles. The third kappa shape index (κ3) is 3.50. The number of para-hydroxylation sites is 2. The fourth-order valence-corrected chi connectivity index (χ4v) is 3.18. The first-order valence-corrected chi connectivity index (χ1v) is 8.51. The number of nitrogens with one attached hydrogen (secondary N) is 1. The van der Waals surface area contributed by atoms with Gasteiger partial charge in [-0.1, -0.05) is 12.1 Å². The normalized spacial score (nSPS) is 20.2. The second kappa shape index (κ2) is 6.96. The lowest BCUT2D eigenvalue weighted by Crippen LogP contribution is -2.50. The summed E-state index contributed by atoms with van der Waals surface area (Å²) < 4.78 is 11.5. The Morgan fingerprint density at radius 3 is 2.68 bits per heavy atom. The summed E-state index contributed by atoms with van der Waals surface area (Å²) in [5.74, 6) is 2.09. The lowest BCUT2D eigenvalue weighted by atomic mass is 10.0. The van der Waals surface area contributed by atoms with Crippen molar-refractivity contribution in [2.24, 2.45) is 0 Å². The topological polar surface area (TPSA) is 76.6 Å². The number of aromatic nitrogens is 2. The number of carbonyl (C=O) groups is 1. The van der Waals surface area contributed by atoms with Crippen molar-refractivity contribution in [1.29, 1.82) is 0 Å². The number of likely N-dealkylation sites (tertiary alicyclic amines) is 1. The van der Waals surface area contributed by atoms with E-state index < -0.39 is 6.10 Å². The predicted molar refractivity (Wildman–Crippen MR) is 91.6 cm³/mol. The van der Waals surface area contributed by atoms with Gasteiger partial charge in [-0.15, -0.1) is 5.10 Å². The van der Waals surface area contributed by atoms with Crippen LogP contribution in [0.25, 0.3) is 0 Å². The van der Waals surface area contributed by atoms with E-state index in [1.54, 1.807) is 6.20 Å². The van der Waals surface area contributed by atoms with Crippen molar-refractivity contribution in [2.75, 3.05) is 25.0 Å². The summed E-state index contributed by atoms with van der Waals surface area (Å²) in [6.07, 6.45) is 2.81. The number of amides is 1. The number of fused-ring (bicyclic) bond motifs is 1. The van der Waals surface area contributed by atoms with Gasteiger partial charge in [0.1, 0.15) is 12.4 Å². The monoisotopic (exact) mass is 340 g/mol. The third-order valence-electron chi connectivity index (χ3n) is 4.51. The number of hydrogen-bond acceptors (Lipinski definition) is 6. The minimum Gasteiger partial charge on any atom is -0.485 e. The molecule has 0 bridgehead atoms. The minimum atomic E-state index is -0.570. The van der Waals surface area contributed by atoms with Gasteiger partial charge in [0, 0.05) is 25.3 Å². The summed E-state index contributed by atoms with van der Waals surface area (Å²) in [7, 11) is 0. The number of benzene rings is 1. The number of ether oxygens (including phenoxy) is 2. The number of anilines is 1. The Morgan fingerprint density at radius 1 is 1.12 bits per heavy atom. The van der Waals surface area contributed by atoms with Crippen molar-refractivity contribution in [3.8, 4) is 11.5 Å². The van der Waals surface area contributed by atoms with E-state index in [4.69, 9.17) is 9.47 Å².